The largest absolute Gasteiger partial charge is 0.253 e. The van der Waals surface area contributed by atoms with E-state index < -0.39 is 10.3 Å². The van der Waals surface area contributed by atoms with Gasteiger partial charge in [0.15, 0.2) is 0 Å². The van der Waals surface area contributed by atoms with E-state index in [0.717, 1.165) is 11.3 Å². The molecule has 0 atom stereocenters. The molecule has 0 saturated heterocycles. The lowest BCUT2D eigenvalue weighted by Gasteiger charge is -1.59. The van der Waals surface area contributed by atoms with E-state index in [1.807, 2.05) is 0 Å². The number of hydrogen-bond acceptors (Lipinski definition) is 4. The molecule has 1 aromatic heterocycles. The van der Waals surface area contributed by atoms with Crippen LogP contribution in [0.3, 0.4) is 0 Å². The SMILES string of the molecule is O=S(=O)=c1[nH]nc(Cl)s1. The van der Waals surface area contributed by atoms with Crippen LogP contribution < -0.4 is 0 Å². The Morgan fingerprint density at radius 2 is 2.33 bits per heavy atom. The lowest BCUT2D eigenvalue weighted by Crippen LogP contribution is -1.66. The average Bonchev–Trinajstić information content (AvgIpc) is 2.14. The number of halogens is 1. The molecule has 7 heteroatoms. The first-order chi connectivity index (χ1) is 4.20. The first-order valence-corrected chi connectivity index (χ1v) is 4.10. The smallest absolute Gasteiger partial charge is 0.250 e. The lowest BCUT2D eigenvalue weighted by molar-refractivity contribution is 0.624. The van der Waals surface area contributed by atoms with E-state index in [2.05, 4.69) is 10.2 Å². The molecule has 1 N–H and O–H groups in total. The predicted molar refractivity (Wildman–Crippen MR) is 33.6 cm³/mol. The second-order valence-corrected chi connectivity index (χ2v) is 3.82. The van der Waals surface area contributed by atoms with E-state index >= 15 is 0 Å². The topological polar surface area (TPSA) is 62.8 Å². The Hall–Kier alpha value is -0.330. The number of rotatable bonds is 0. The highest BCUT2D eigenvalue weighted by atomic mass is 35.5. The maximum absolute atomic E-state index is 10.1. The van der Waals surface area contributed by atoms with Crippen molar-refractivity contribution in [3.05, 3.63) is 8.42 Å². The van der Waals surface area contributed by atoms with Gasteiger partial charge in [-0.15, -0.1) is 0 Å². The third-order valence-corrected chi connectivity index (χ3v) is 2.47. The number of H-pyrrole nitrogens is 1. The highest BCUT2D eigenvalue weighted by Gasteiger charge is 1.90. The van der Waals surface area contributed by atoms with Crippen LogP contribution in [0.5, 0.6) is 0 Å². The summed E-state index contributed by atoms with van der Waals surface area (Å²) in [5.41, 5.74) is 0. The van der Waals surface area contributed by atoms with Crippen molar-refractivity contribution in [2.45, 2.75) is 0 Å². The van der Waals surface area contributed by atoms with Crippen molar-refractivity contribution in [1.29, 1.82) is 0 Å². The van der Waals surface area contributed by atoms with Gasteiger partial charge in [0.25, 0.3) is 10.3 Å². The molecule has 0 aliphatic heterocycles. The van der Waals surface area contributed by atoms with Crippen LogP contribution in [0.25, 0.3) is 0 Å². The van der Waals surface area contributed by atoms with E-state index in [-0.39, 0.29) is 8.42 Å². The van der Waals surface area contributed by atoms with Gasteiger partial charge in [0.05, 0.1) is 0 Å². The fraction of sp³-hybridized carbons (Fsp3) is 0. The monoisotopic (exact) mass is 184 g/mol. The zero-order valence-corrected chi connectivity index (χ0v) is 6.35. The second kappa shape index (κ2) is 2.51. The fourth-order valence-electron chi connectivity index (χ4n) is 0.283. The summed E-state index contributed by atoms with van der Waals surface area (Å²) < 4.78 is 20.4. The Kier molecular flexibility index (Phi) is 1.89. The molecule has 0 aliphatic rings. The fourth-order valence-corrected chi connectivity index (χ4v) is 1.66. The Bertz CT molecular complexity index is 352. The van der Waals surface area contributed by atoms with Gasteiger partial charge in [-0.25, -0.2) is 0 Å². The highest BCUT2D eigenvalue weighted by molar-refractivity contribution is 7.66. The van der Waals surface area contributed by atoms with E-state index in [1.165, 1.54) is 0 Å². The number of nitrogens with one attached hydrogen (secondary N) is 1. The molecular formula is C2HClN2O2S2. The maximum Gasteiger partial charge on any atom is 0.250 e. The summed E-state index contributed by atoms with van der Waals surface area (Å²) in [7, 11) is -2.24. The summed E-state index contributed by atoms with van der Waals surface area (Å²) in [5.74, 6) is 0. The van der Waals surface area contributed by atoms with E-state index in [4.69, 9.17) is 11.6 Å². The van der Waals surface area contributed by atoms with Crippen LogP contribution in [0.4, 0.5) is 0 Å². The van der Waals surface area contributed by atoms with Gasteiger partial charge in [-0.3, -0.25) is 5.10 Å². The van der Waals surface area contributed by atoms with Gasteiger partial charge < -0.3 is 0 Å². The molecule has 0 spiro atoms. The molecule has 50 valence electrons. The quantitative estimate of drug-likeness (QED) is 0.599. The van der Waals surface area contributed by atoms with Crippen LogP contribution in [0.15, 0.2) is 0 Å². The molecule has 0 bridgehead atoms. The van der Waals surface area contributed by atoms with Crippen molar-refractivity contribution in [2.24, 2.45) is 0 Å². The Morgan fingerprint density at radius 1 is 1.67 bits per heavy atom. The molecular weight excluding hydrogens is 184 g/mol. The van der Waals surface area contributed by atoms with Gasteiger partial charge >= 0.3 is 0 Å². The average molecular weight is 185 g/mol. The summed E-state index contributed by atoms with van der Waals surface area (Å²) in [6, 6.07) is 0. The molecule has 0 aliphatic carbocycles. The van der Waals surface area contributed by atoms with Gasteiger partial charge in [-0.2, -0.15) is 13.5 Å². The third-order valence-electron chi connectivity index (χ3n) is 0.563. The normalized spacial score (nSPS) is 9.44. The Labute approximate surface area is 60.6 Å². The van der Waals surface area contributed by atoms with Crippen molar-refractivity contribution < 1.29 is 8.42 Å². The summed E-state index contributed by atoms with van der Waals surface area (Å²) in [4.78, 5) is 0. The summed E-state index contributed by atoms with van der Waals surface area (Å²) in [6.07, 6.45) is 0. The van der Waals surface area contributed by atoms with E-state index in [9.17, 15) is 8.42 Å². The van der Waals surface area contributed by atoms with Crippen LogP contribution in [-0.2, 0) is 10.3 Å². The maximum atomic E-state index is 10.1. The molecule has 4 nitrogen and oxygen atoms in total. The van der Waals surface area contributed by atoms with Crippen molar-refractivity contribution in [3.63, 3.8) is 0 Å². The van der Waals surface area contributed by atoms with Crippen LogP contribution in [0, 0.1) is 3.95 Å². The molecule has 0 aromatic carbocycles. The molecule has 0 radical (unpaired) electrons. The molecule has 0 fully saturated rings. The van der Waals surface area contributed by atoms with Gasteiger partial charge in [-0.1, -0.05) is 11.3 Å². The van der Waals surface area contributed by atoms with Crippen LogP contribution in [0.2, 0.25) is 4.47 Å². The number of aromatic amines is 1. The minimum Gasteiger partial charge on any atom is -0.253 e. The molecule has 0 saturated carbocycles. The van der Waals surface area contributed by atoms with E-state index in [1.54, 1.807) is 0 Å². The van der Waals surface area contributed by atoms with Crippen molar-refractivity contribution in [2.75, 3.05) is 0 Å². The van der Waals surface area contributed by atoms with Crippen LogP contribution >= 0.6 is 22.9 Å². The standard InChI is InChI=1S/C2HClN2O2S2/c3-1-4-5-2(8-1)9(6)7/h5H. The van der Waals surface area contributed by atoms with Gasteiger partial charge in [0, 0.05) is 0 Å². The zero-order valence-electron chi connectivity index (χ0n) is 3.96. The minimum atomic E-state index is -2.24. The third kappa shape index (κ3) is 1.54. The molecule has 0 unspecified atom stereocenters. The van der Waals surface area contributed by atoms with Gasteiger partial charge in [0.2, 0.25) is 8.42 Å². The lowest BCUT2D eigenvalue weighted by atomic mass is 11.6. The molecule has 1 aromatic rings. The molecule has 1 rings (SSSR count). The molecule has 0 amide bonds. The number of nitrogens with zero attached hydrogens (tertiary/aromatic N) is 1. The van der Waals surface area contributed by atoms with Gasteiger partial charge in [-0.05, 0) is 11.6 Å². The predicted octanol–water partition coefficient (Wildman–Crippen LogP) is 0.536. The molecule has 1 heterocycles. The minimum absolute atomic E-state index is 0.0417. The summed E-state index contributed by atoms with van der Waals surface area (Å²) in [5, 5.41) is 5.63. The van der Waals surface area contributed by atoms with Crippen molar-refractivity contribution >= 4 is 33.2 Å². The van der Waals surface area contributed by atoms with Crippen molar-refractivity contribution in [3.8, 4) is 0 Å². The highest BCUT2D eigenvalue weighted by Crippen LogP contribution is 2.08. The summed E-state index contributed by atoms with van der Waals surface area (Å²) in [6.45, 7) is 0. The number of hydrogen-bond donors (Lipinski definition) is 1. The molecule has 9 heavy (non-hydrogen) atoms. The Balaban J connectivity index is 3.66. The second-order valence-electron chi connectivity index (χ2n) is 1.10. The zero-order chi connectivity index (χ0) is 6.85. The Morgan fingerprint density at radius 3 is 2.56 bits per heavy atom. The first kappa shape index (κ1) is 6.79. The number of aromatic nitrogens is 2. The van der Waals surface area contributed by atoms with Crippen LogP contribution in [-0.4, -0.2) is 18.6 Å². The van der Waals surface area contributed by atoms with Gasteiger partial charge in [0.1, 0.15) is 0 Å². The van der Waals surface area contributed by atoms with Crippen LogP contribution in [0.1, 0.15) is 0 Å². The van der Waals surface area contributed by atoms with Crippen molar-refractivity contribution in [1.82, 2.24) is 10.2 Å². The van der Waals surface area contributed by atoms with E-state index in [0.29, 0.717) is 0 Å². The first-order valence-electron chi connectivity index (χ1n) is 1.83. The summed E-state index contributed by atoms with van der Waals surface area (Å²) >= 11 is 6.19.